The Morgan fingerprint density at radius 1 is 1.24 bits per heavy atom. The van der Waals surface area contributed by atoms with Crippen LogP contribution in [0.25, 0.3) is 11.3 Å². The molecule has 0 saturated carbocycles. The van der Waals surface area contributed by atoms with Crippen molar-refractivity contribution in [2.24, 2.45) is 7.05 Å². The molecular formula is C14H15N2S+. The minimum atomic E-state index is 0.970. The summed E-state index contributed by atoms with van der Waals surface area (Å²) < 4.78 is 2.21. The van der Waals surface area contributed by atoms with Gasteiger partial charge in [-0.1, -0.05) is 30.0 Å². The Bertz CT molecular complexity index is 578. The fourth-order valence-corrected chi connectivity index (χ4v) is 3.30. The lowest BCUT2D eigenvalue weighted by Crippen LogP contribution is -2.31. The molecule has 0 bridgehead atoms. The van der Waals surface area contributed by atoms with Crippen LogP contribution >= 0.6 is 11.8 Å². The topological polar surface area (TPSA) is 15.9 Å². The van der Waals surface area contributed by atoms with E-state index in [1.807, 2.05) is 11.8 Å². The molecular weight excluding hydrogens is 228 g/mol. The van der Waals surface area contributed by atoms with Crippen LogP contribution in [0.2, 0.25) is 0 Å². The monoisotopic (exact) mass is 243 g/mol. The van der Waals surface area contributed by atoms with Gasteiger partial charge in [-0.2, -0.15) is 4.57 Å². The third-order valence-electron chi connectivity index (χ3n) is 3.16. The van der Waals surface area contributed by atoms with Crippen molar-refractivity contribution in [3.05, 3.63) is 42.1 Å². The van der Waals surface area contributed by atoms with Crippen LogP contribution in [0, 0.1) is 6.92 Å². The predicted molar refractivity (Wildman–Crippen MR) is 72.1 cm³/mol. The van der Waals surface area contributed by atoms with Crippen molar-refractivity contribution in [2.45, 2.75) is 11.8 Å². The van der Waals surface area contributed by atoms with Crippen LogP contribution < -0.4 is 9.88 Å². The van der Waals surface area contributed by atoms with Crippen molar-refractivity contribution in [3.8, 4) is 11.3 Å². The number of aromatic nitrogens is 1. The van der Waals surface area contributed by atoms with Gasteiger partial charge in [-0.3, -0.25) is 0 Å². The quantitative estimate of drug-likeness (QED) is 0.775. The molecule has 0 atom stereocenters. The van der Waals surface area contributed by atoms with Crippen LogP contribution in [0.1, 0.15) is 5.56 Å². The Morgan fingerprint density at radius 3 is 2.88 bits per heavy atom. The maximum absolute atomic E-state index is 3.41. The first-order valence-electron chi connectivity index (χ1n) is 5.72. The fourth-order valence-electron chi connectivity index (χ4n) is 2.25. The van der Waals surface area contributed by atoms with Crippen molar-refractivity contribution in [1.29, 1.82) is 0 Å². The molecule has 3 heteroatoms. The summed E-state index contributed by atoms with van der Waals surface area (Å²) in [5, 5.41) is 3.41. The number of fused-ring (bicyclic) bond motifs is 1. The van der Waals surface area contributed by atoms with Gasteiger partial charge in [0.1, 0.15) is 11.9 Å². The lowest BCUT2D eigenvalue weighted by Gasteiger charge is -2.07. The third kappa shape index (κ3) is 1.71. The van der Waals surface area contributed by atoms with Crippen LogP contribution in [-0.4, -0.2) is 5.88 Å². The molecule has 1 aliphatic heterocycles. The van der Waals surface area contributed by atoms with Gasteiger partial charge in [0.2, 0.25) is 5.69 Å². The van der Waals surface area contributed by atoms with E-state index < -0.39 is 0 Å². The lowest BCUT2D eigenvalue weighted by molar-refractivity contribution is -0.661. The van der Waals surface area contributed by atoms with Crippen molar-refractivity contribution in [1.82, 2.24) is 0 Å². The Kier molecular flexibility index (Phi) is 2.56. The van der Waals surface area contributed by atoms with Crippen LogP contribution in [0.5, 0.6) is 0 Å². The maximum atomic E-state index is 3.41. The van der Waals surface area contributed by atoms with E-state index in [0.717, 1.165) is 5.88 Å². The molecule has 3 rings (SSSR count). The van der Waals surface area contributed by atoms with Gasteiger partial charge < -0.3 is 5.32 Å². The van der Waals surface area contributed by atoms with E-state index in [4.69, 9.17) is 0 Å². The Morgan fingerprint density at radius 2 is 2.06 bits per heavy atom. The molecule has 2 heterocycles. The molecule has 0 aliphatic carbocycles. The van der Waals surface area contributed by atoms with E-state index in [9.17, 15) is 0 Å². The Balaban J connectivity index is 2.28. The van der Waals surface area contributed by atoms with Gasteiger partial charge in [-0.05, 0) is 18.6 Å². The SMILES string of the molecule is Cc1ccccc1-c1c2c(cc[n+]1C)NCS2. The molecule has 0 spiro atoms. The van der Waals surface area contributed by atoms with Gasteiger partial charge in [0.25, 0.3) is 0 Å². The molecule has 17 heavy (non-hydrogen) atoms. The third-order valence-corrected chi connectivity index (χ3v) is 4.15. The summed E-state index contributed by atoms with van der Waals surface area (Å²) in [4.78, 5) is 1.37. The molecule has 1 aromatic carbocycles. The molecule has 1 aromatic heterocycles. The molecule has 0 fully saturated rings. The molecule has 1 aliphatic rings. The molecule has 1 N–H and O–H groups in total. The lowest BCUT2D eigenvalue weighted by atomic mass is 10.0. The van der Waals surface area contributed by atoms with E-state index in [1.54, 1.807) is 0 Å². The van der Waals surface area contributed by atoms with E-state index in [0.29, 0.717) is 0 Å². The van der Waals surface area contributed by atoms with Crippen molar-refractivity contribution >= 4 is 17.4 Å². The zero-order chi connectivity index (χ0) is 11.8. The maximum Gasteiger partial charge on any atom is 0.228 e. The summed E-state index contributed by atoms with van der Waals surface area (Å²) in [7, 11) is 2.11. The highest BCUT2D eigenvalue weighted by Crippen LogP contribution is 2.39. The highest BCUT2D eigenvalue weighted by atomic mass is 32.2. The Hall–Kier alpha value is -1.48. The summed E-state index contributed by atoms with van der Waals surface area (Å²) in [6.07, 6.45) is 2.12. The standard InChI is InChI=1S/C14H14N2S/c1-10-5-3-4-6-11(10)13-14-12(15-9-17-14)7-8-16(13)2/h3-8H,9H2,1-2H3/p+1. The second kappa shape index (κ2) is 4.08. The highest BCUT2D eigenvalue weighted by Gasteiger charge is 2.24. The van der Waals surface area contributed by atoms with E-state index in [1.165, 1.54) is 27.4 Å². The molecule has 0 amide bonds. The summed E-state index contributed by atoms with van der Waals surface area (Å²) in [5.74, 6) is 0.970. The Labute approximate surface area is 106 Å². The van der Waals surface area contributed by atoms with Gasteiger partial charge >= 0.3 is 0 Å². The number of benzene rings is 1. The van der Waals surface area contributed by atoms with Crippen LogP contribution in [0.3, 0.4) is 0 Å². The van der Waals surface area contributed by atoms with Gasteiger partial charge in [0.05, 0.1) is 17.1 Å². The molecule has 0 saturated heterocycles. The van der Waals surface area contributed by atoms with Gasteiger partial charge in [-0.25, -0.2) is 0 Å². The van der Waals surface area contributed by atoms with Gasteiger partial charge in [0, 0.05) is 6.07 Å². The minimum absolute atomic E-state index is 0.970. The summed E-state index contributed by atoms with van der Waals surface area (Å²) >= 11 is 1.88. The molecule has 86 valence electrons. The molecule has 2 nitrogen and oxygen atoms in total. The summed E-state index contributed by atoms with van der Waals surface area (Å²) in [5.41, 5.74) is 5.22. The predicted octanol–water partition coefficient (Wildman–Crippen LogP) is 2.96. The number of hydrogen-bond donors (Lipinski definition) is 1. The van der Waals surface area contributed by atoms with E-state index in [2.05, 4.69) is 60.4 Å². The second-order valence-corrected chi connectivity index (χ2v) is 5.28. The minimum Gasteiger partial charge on any atom is -0.374 e. The van der Waals surface area contributed by atoms with Gasteiger partial charge in [0.15, 0.2) is 6.20 Å². The first kappa shape index (κ1) is 10.7. The summed E-state index contributed by atoms with van der Waals surface area (Å²) in [6.45, 7) is 2.17. The molecule has 2 aromatic rings. The average molecular weight is 243 g/mol. The number of rotatable bonds is 1. The number of thioether (sulfide) groups is 1. The van der Waals surface area contributed by atoms with Crippen LogP contribution in [0.4, 0.5) is 5.69 Å². The van der Waals surface area contributed by atoms with E-state index >= 15 is 0 Å². The number of anilines is 1. The van der Waals surface area contributed by atoms with Gasteiger partial charge in [-0.15, -0.1) is 0 Å². The number of pyridine rings is 1. The number of nitrogens with one attached hydrogen (secondary N) is 1. The second-order valence-electron chi connectivity index (χ2n) is 4.30. The zero-order valence-electron chi connectivity index (χ0n) is 10.0. The van der Waals surface area contributed by atoms with Crippen LogP contribution in [0.15, 0.2) is 41.4 Å². The molecule has 0 unspecified atom stereocenters. The van der Waals surface area contributed by atoms with Crippen molar-refractivity contribution in [3.63, 3.8) is 0 Å². The van der Waals surface area contributed by atoms with Crippen molar-refractivity contribution < 1.29 is 4.57 Å². The highest BCUT2D eigenvalue weighted by molar-refractivity contribution is 8.00. The van der Waals surface area contributed by atoms with Crippen LogP contribution in [-0.2, 0) is 7.05 Å². The zero-order valence-corrected chi connectivity index (χ0v) is 10.8. The number of hydrogen-bond acceptors (Lipinski definition) is 2. The average Bonchev–Trinajstić information content (AvgIpc) is 2.79. The fraction of sp³-hybridized carbons (Fsp3) is 0.214. The van der Waals surface area contributed by atoms with E-state index in [-0.39, 0.29) is 0 Å². The first-order valence-corrected chi connectivity index (χ1v) is 6.71. The molecule has 0 radical (unpaired) electrons. The summed E-state index contributed by atoms with van der Waals surface area (Å²) in [6, 6.07) is 10.7. The smallest absolute Gasteiger partial charge is 0.228 e. The number of nitrogens with zero attached hydrogens (tertiary/aromatic N) is 1. The normalized spacial score (nSPS) is 13.3. The van der Waals surface area contributed by atoms with Crippen molar-refractivity contribution in [2.75, 3.05) is 11.2 Å². The number of aryl methyl sites for hydroxylation is 2. The first-order chi connectivity index (χ1) is 8.27. The largest absolute Gasteiger partial charge is 0.374 e.